The van der Waals surface area contributed by atoms with Crippen LogP contribution in [0.5, 0.6) is 0 Å². The Morgan fingerprint density at radius 2 is 0.958 bits per heavy atom. The van der Waals surface area contributed by atoms with Crippen LogP contribution in [0.3, 0.4) is 0 Å². The molecule has 12 nitrogen and oxygen atoms in total. The van der Waals surface area contributed by atoms with Crippen LogP contribution >= 0.6 is 0 Å². The Labute approximate surface area is 135 Å². The lowest BCUT2D eigenvalue weighted by Gasteiger charge is -2.02. The summed E-state index contributed by atoms with van der Waals surface area (Å²) < 4.78 is 20.5. The molecule has 0 bridgehead atoms. The lowest BCUT2D eigenvalue weighted by Crippen LogP contribution is -2.10. The lowest BCUT2D eigenvalue weighted by molar-refractivity contribution is -0.159. The van der Waals surface area contributed by atoms with Crippen LogP contribution in [0.2, 0.25) is 0 Å². The second-order valence-corrected chi connectivity index (χ2v) is 4.28. The van der Waals surface area contributed by atoms with Crippen molar-refractivity contribution in [2.24, 2.45) is 0 Å². The largest absolute Gasteiger partial charge is 0.473 e. The fourth-order valence-corrected chi connectivity index (χ4v) is 0.876. The summed E-state index contributed by atoms with van der Waals surface area (Å²) >= 11 is 0. The van der Waals surface area contributed by atoms with Crippen molar-refractivity contribution < 1.29 is 58.6 Å². The first-order chi connectivity index (χ1) is 11.2. The van der Waals surface area contributed by atoms with E-state index in [-0.39, 0.29) is 0 Å². The summed E-state index contributed by atoms with van der Waals surface area (Å²) in [5.41, 5.74) is 0. The second-order valence-electron chi connectivity index (χ2n) is 4.28. The van der Waals surface area contributed by atoms with Crippen molar-refractivity contribution in [2.45, 2.75) is 12.2 Å². The molecule has 12 heteroatoms. The smallest absolute Gasteiger partial charge is 0.414 e. The van der Waals surface area contributed by atoms with Gasteiger partial charge in [-0.05, 0) is 0 Å². The van der Waals surface area contributed by atoms with Crippen LogP contribution in [-0.4, -0.2) is 96.2 Å². The van der Waals surface area contributed by atoms with Gasteiger partial charge >= 0.3 is 23.9 Å². The van der Waals surface area contributed by atoms with E-state index in [1.807, 2.05) is 0 Å². The predicted molar refractivity (Wildman–Crippen MR) is 71.7 cm³/mol. The van der Waals surface area contributed by atoms with E-state index in [0.717, 1.165) is 13.2 Å². The second kappa shape index (κ2) is 12.2. The number of hydrogen-bond acceptors (Lipinski definition) is 8. The van der Waals surface area contributed by atoms with Gasteiger partial charge in [0.25, 0.3) is 0 Å². The van der Waals surface area contributed by atoms with Gasteiger partial charge in [0.1, 0.15) is 12.2 Å². The summed E-state index contributed by atoms with van der Waals surface area (Å²) in [4.78, 5) is 36.4. The van der Waals surface area contributed by atoms with Crippen LogP contribution < -0.4 is 0 Å². The minimum absolute atomic E-state index is 0.358. The zero-order valence-electron chi connectivity index (χ0n) is 12.5. The van der Waals surface area contributed by atoms with Crippen LogP contribution in [0.4, 0.5) is 0 Å². The molecular formula is C12H18O12. The topological polar surface area (TPSA) is 193 Å². The van der Waals surface area contributed by atoms with Crippen molar-refractivity contribution in [3.63, 3.8) is 0 Å². The number of carboxylic acid groups (broad SMARTS) is 4. The monoisotopic (exact) mass is 354 g/mol. The van der Waals surface area contributed by atoms with Gasteiger partial charge in [0.2, 0.25) is 0 Å². The molecule has 2 rings (SSSR count). The van der Waals surface area contributed by atoms with Crippen molar-refractivity contribution in [3.8, 4) is 0 Å². The van der Waals surface area contributed by atoms with Crippen molar-refractivity contribution in [3.05, 3.63) is 0 Å². The summed E-state index contributed by atoms with van der Waals surface area (Å²) in [5, 5.41) is 29.6. The Hall–Kier alpha value is -2.28. The van der Waals surface area contributed by atoms with Crippen LogP contribution in [0, 0.1) is 0 Å². The van der Waals surface area contributed by atoms with Crippen molar-refractivity contribution in [2.75, 3.05) is 39.6 Å². The van der Waals surface area contributed by atoms with E-state index < -0.39 is 23.9 Å². The number of hydrogen-bond donors (Lipinski definition) is 4. The molecule has 2 atom stereocenters. The maximum atomic E-state index is 9.10. The summed E-state index contributed by atoms with van der Waals surface area (Å²) in [5.74, 6) is -7.30. The molecule has 0 spiro atoms. The molecule has 0 aromatic carbocycles. The number of carbonyl (C=O) groups is 4. The molecule has 0 aliphatic carbocycles. The van der Waals surface area contributed by atoms with E-state index in [1.165, 1.54) is 0 Å². The molecule has 2 aliphatic heterocycles. The molecule has 0 radical (unpaired) electrons. The van der Waals surface area contributed by atoms with Crippen LogP contribution in [0.15, 0.2) is 0 Å². The van der Waals surface area contributed by atoms with E-state index in [2.05, 4.69) is 0 Å². The summed E-state index contributed by atoms with van der Waals surface area (Å²) in [6.45, 7) is 4.46. The minimum Gasteiger partial charge on any atom is -0.473 e. The standard InChI is InChI=1S/C8H14O4.2C2H2O4/c1(9-3-7-5-11-7)2-10-4-8-6-12-8;2*3-1(4)2(5)6/h7-8H,1-6H2;2*(H,3,4)(H,5,6). The first kappa shape index (κ1) is 21.7. The maximum Gasteiger partial charge on any atom is 0.414 e. The van der Waals surface area contributed by atoms with Gasteiger partial charge in [0.05, 0.1) is 39.6 Å². The van der Waals surface area contributed by atoms with Gasteiger partial charge in [0, 0.05) is 0 Å². The highest BCUT2D eigenvalue weighted by atomic mass is 16.6. The van der Waals surface area contributed by atoms with Gasteiger partial charge in [-0.25, -0.2) is 19.2 Å². The Bertz CT molecular complexity index is 362. The zero-order chi connectivity index (χ0) is 18.5. The molecule has 138 valence electrons. The van der Waals surface area contributed by atoms with Crippen LogP contribution in [-0.2, 0) is 38.1 Å². The third-order valence-corrected chi connectivity index (χ3v) is 2.15. The third-order valence-electron chi connectivity index (χ3n) is 2.15. The fourth-order valence-electron chi connectivity index (χ4n) is 0.876. The van der Waals surface area contributed by atoms with E-state index >= 15 is 0 Å². The highest BCUT2D eigenvalue weighted by Gasteiger charge is 2.23. The highest BCUT2D eigenvalue weighted by Crippen LogP contribution is 2.09. The van der Waals surface area contributed by atoms with Crippen LogP contribution in [0.1, 0.15) is 0 Å². The van der Waals surface area contributed by atoms with Crippen molar-refractivity contribution >= 4 is 23.9 Å². The molecule has 0 amide bonds. The number of aliphatic carboxylic acids is 4. The molecule has 2 aliphatic rings. The number of epoxide rings is 2. The average molecular weight is 354 g/mol. The molecule has 24 heavy (non-hydrogen) atoms. The fraction of sp³-hybridized carbons (Fsp3) is 0.667. The van der Waals surface area contributed by atoms with E-state index in [1.54, 1.807) is 0 Å². The SMILES string of the molecule is C(COCC1CO1)OCC1CO1.O=C(O)C(=O)O.O=C(O)C(=O)O. The summed E-state index contributed by atoms with van der Waals surface area (Å²) in [6.07, 6.45) is 0.716. The zero-order valence-corrected chi connectivity index (χ0v) is 12.5. The number of rotatable bonds is 7. The number of ether oxygens (including phenoxy) is 4. The van der Waals surface area contributed by atoms with Gasteiger partial charge < -0.3 is 39.4 Å². The van der Waals surface area contributed by atoms with Gasteiger partial charge in [-0.1, -0.05) is 0 Å². The molecule has 0 aromatic heterocycles. The average Bonchev–Trinajstić information content (AvgIpc) is 3.37. The normalized spacial score (nSPS) is 19.7. The molecule has 4 N–H and O–H groups in total. The van der Waals surface area contributed by atoms with Gasteiger partial charge in [-0.15, -0.1) is 0 Å². The Kier molecular flexibility index (Phi) is 11.0. The van der Waals surface area contributed by atoms with Crippen molar-refractivity contribution in [1.82, 2.24) is 0 Å². The first-order valence-corrected chi connectivity index (χ1v) is 6.55. The van der Waals surface area contributed by atoms with E-state index in [4.69, 9.17) is 58.6 Å². The third kappa shape index (κ3) is 16.1. The molecule has 0 saturated carbocycles. The number of carboxylic acids is 4. The molecule has 2 heterocycles. The first-order valence-electron chi connectivity index (χ1n) is 6.55. The molecule has 2 fully saturated rings. The molecular weight excluding hydrogens is 336 g/mol. The van der Waals surface area contributed by atoms with E-state index in [9.17, 15) is 0 Å². The van der Waals surface area contributed by atoms with E-state index in [0.29, 0.717) is 38.6 Å². The van der Waals surface area contributed by atoms with Gasteiger partial charge in [-0.3, -0.25) is 0 Å². The maximum absolute atomic E-state index is 9.10. The Morgan fingerprint density at radius 3 is 1.12 bits per heavy atom. The lowest BCUT2D eigenvalue weighted by atomic mass is 10.5. The quantitative estimate of drug-likeness (QED) is 0.226. The summed E-state index contributed by atoms with van der Waals surface area (Å²) in [6, 6.07) is 0. The van der Waals surface area contributed by atoms with Crippen LogP contribution in [0.25, 0.3) is 0 Å². The Balaban J connectivity index is 0.000000377. The van der Waals surface area contributed by atoms with Crippen molar-refractivity contribution in [1.29, 1.82) is 0 Å². The molecule has 0 aromatic rings. The molecule has 2 unspecified atom stereocenters. The predicted octanol–water partition coefficient (Wildman–Crippen LogP) is -1.87. The summed E-state index contributed by atoms with van der Waals surface area (Å²) in [7, 11) is 0. The highest BCUT2D eigenvalue weighted by molar-refractivity contribution is 6.27. The van der Waals surface area contributed by atoms with Gasteiger partial charge in [-0.2, -0.15) is 0 Å². The van der Waals surface area contributed by atoms with Gasteiger partial charge in [0.15, 0.2) is 0 Å². The molecule has 2 saturated heterocycles. The Morgan fingerprint density at radius 1 is 0.708 bits per heavy atom. The minimum atomic E-state index is -1.82.